The third-order valence-electron chi connectivity index (χ3n) is 6.38. The summed E-state index contributed by atoms with van der Waals surface area (Å²) < 4.78 is 20.7. The highest BCUT2D eigenvalue weighted by molar-refractivity contribution is 5.95. The van der Waals surface area contributed by atoms with Crippen LogP contribution in [0.4, 0.5) is 14.9 Å². The minimum atomic E-state index is -0.648. The fraction of sp³-hybridized carbons (Fsp3) is 0.348. The number of hydrogen-bond acceptors (Lipinski definition) is 6. The Kier molecular flexibility index (Phi) is 5.28. The van der Waals surface area contributed by atoms with Gasteiger partial charge in [0.15, 0.2) is 0 Å². The van der Waals surface area contributed by atoms with Crippen molar-refractivity contribution in [3.63, 3.8) is 0 Å². The van der Waals surface area contributed by atoms with Crippen LogP contribution in [-0.4, -0.2) is 56.3 Å². The molecule has 1 N–H and O–H groups in total. The molecule has 0 fully saturated rings. The van der Waals surface area contributed by atoms with Crippen molar-refractivity contribution in [2.45, 2.75) is 38.4 Å². The van der Waals surface area contributed by atoms with Crippen LogP contribution in [0.3, 0.4) is 0 Å². The molecule has 2 aromatic heterocycles. The summed E-state index contributed by atoms with van der Waals surface area (Å²) in [6.07, 6.45) is 2.06. The van der Waals surface area contributed by atoms with Crippen molar-refractivity contribution >= 4 is 17.6 Å². The maximum Gasteiger partial charge on any atom is 0.322 e. The largest absolute Gasteiger partial charge is 0.361 e. The Morgan fingerprint density at radius 3 is 2.88 bits per heavy atom. The first kappa shape index (κ1) is 21.6. The summed E-state index contributed by atoms with van der Waals surface area (Å²) in [4.78, 5) is 29.6. The van der Waals surface area contributed by atoms with E-state index in [9.17, 15) is 14.0 Å². The number of urea groups is 1. The van der Waals surface area contributed by atoms with Crippen LogP contribution in [0.15, 0.2) is 35.0 Å². The summed E-state index contributed by atoms with van der Waals surface area (Å²) in [5.74, 6) is -0.219. The Bertz CT molecular complexity index is 1310. The van der Waals surface area contributed by atoms with Crippen molar-refractivity contribution in [2.24, 2.45) is 0 Å². The van der Waals surface area contributed by atoms with Gasteiger partial charge in [0.05, 0.1) is 36.5 Å². The summed E-state index contributed by atoms with van der Waals surface area (Å²) in [5, 5.41) is 20.3. The van der Waals surface area contributed by atoms with Gasteiger partial charge in [0, 0.05) is 43.4 Å². The first-order valence-corrected chi connectivity index (χ1v) is 10.9. The van der Waals surface area contributed by atoms with E-state index in [-0.39, 0.29) is 30.0 Å². The summed E-state index contributed by atoms with van der Waals surface area (Å²) in [7, 11) is 1.73. The number of nitriles is 1. The summed E-state index contributed by atoms with van der Waals surface area (Å²) in [6, 6.07) is 6.82. The van der Waals surface area contributed by atoms with Gasteiger partial charge in [-0.3, -0.25) is 9.48 Å². The monoisotopic (exact) mass is 463 g/mol. The lowest BCUT2D eigenvalue weighted by atomic mass is 9.99. The highest BCUT2D eigenvalue weighted by atomic mass is 19.1. The number of hydrogen-bond donors (Lipinski definition) is 1. The molecule has 3 aromatic rings. The molecule has 1 unspecified atom stereocenters. The standard InChI is InChI=1S/C23H22FN7O3/c1-13-7-19-17(12-30(13)23(33)27-16-3-4-18(24)14(8-16)9-25)21-22(32)29(2)10-15(11-31(21)28-19)20-5-6-26-34-20/h3-6,8,13,15H,7,10-12H2,1-2H3,(H,27,33)/t13-,15?/m1/s1. The number of benzene rings is 1. The highest BCUT2D eigenvalue weighted by Gasteiger charge is 2.37. The van der Waals surface area contributed by atoms with Gasteiger partial charge >= 0.3 is 6.03 Å². The van der Waals surface area contributed by atoms with Gasteiger partial charge in [-0.15, -0.1) is 0 Å². The first-order valence-electron chi connectivity index (χ1n) is 10.9. The molecule has 2 aliphatic rings. The van der Waals surface area contributed by atoms with Crippen molar-refractivity contribution in [3.05, 3.63) is 64.6 Å². The van der Waals surface area contributed by atoms with Crippen LogP contribution >= 0.6 is 0 Å². The Morgan fingerprint density at radius 2 is 2.15 bits per heavy atom. The predicted octanol–water partition coefficient (Wildman–Crippen LogP) is 2.73. The minimum Gasteiger partial charge on any atom is -0.361 e. The van der Waals surface area contributed by atoms with Gasteiger partial charge in [-0.25, -0.2) is 9.18 Å². The van der Waals surface area contributed by atoms with E-state index < -0.39 is 11.8 Å². The molecular formula is C23H22FN7O3. The Balaban J connectivity index is 1.43. The maximum atomic E-state index is 13.6. The number of aromatic nitrogens is 3. The number of nitrogens with one attached hydrogen (secondary N) is 1. The van der Waals surface area contributed by atoms with E-state index in [1.165, 1.54) is 12.1 Å². The van der Waals surface area contributed by atoms with Crippen LogP contribution < -0.4 is 5.32 Å². The van der Waals surface area contributed by atoms with Crippen molar-refractivity contribution in [1.29, 1.82) is 5.26 Å². The Morgan fingerprint density at radius 1 is 1.32 bits per heavy atom. The molecule has 0 spiro atoms. The number of fused-ring (bicyclic) bond motifs is 3. The second-order valence-electron chi connectivity index (χ2n) is 8.67. The van der Waals surface area contributed by atoms with Gasteiger partial charge in [0.1, 0.15) is 23.3 Å². The summed E-state index contributed by atoms with van der Waals surface area (Å²) in [6.45, 7) is 3.03. The van der Waals surface area contributed by atoms with Gasteiger partial charge < -0.3 is 19.6 Å². The summed E-state index contributed by atoms with van der Waals surface area (Å²) >= 11 is 0. The van der Waals surface area contributed by atoms with Crippen molar-refractivity contribution in [3.8, 4) is 6.07 Å². The van der Waals surface area contributed by atoms with E-state index in [1.807, 2.05) is 6.92 Å². The van der Waals surface area contributed by atoms with Crippen LogP contribution in [-0.2, 0) is 19.5 Å². The second kappa shape index (κ2) is 8.30. The number of rotatable bonds is 2. The molecule has 2 atom stereocenters. The smallest absolute Gasteiger partial charge is 0.322 e. The molecule has 0 saturated carbocycles. The van der Waals surface area contributed by atoms with Crippen molar-refractivity contribution < 1.29 is 18.5 Å². The molecule has 1 aromatic carbocycles. The molecular weight excluding hydrogens is 441 g/mol. The van der Waals surface area contributed by atoms with E-state index in [1.54, 1.807) is 39.9 Å². The lowest BCUT2D eigenvalue weighted by molar-refractivity contribution is 0.0785. The average molecular weight is 463 g/mol. The molecule has 11 heteroatoms. The number of likely N-dealkylation sites (N-methyl/N-ethyl adjacent to an activating group) is 1. The lowest BCUT2D eigenvalue weighted by Crippen LogP contribution is -2.45. The number of nitrogens with zero attached hydrogens (tertiary/aromatic N) is 6. The normalized spacial score (nSPS) is 19.8. The molecule has 0 aliphatic carbocycles. The topological polar surface area (TPSA) is 120 Å². The zero-order valence-corrected chi connectivity index (χ0v) is 18.7. The van der Waals surface area contributed by atoms with Gasteiger partial charge in [-0.2, -0.15) is 10.4 Å². The minimum absolute atomic E-state index is 0.0938. The molecule has 4 heterocycles. The quantitative estimate of drug-likeness (QED) is 0.624. The SMILES string of the molecule is C[C@@H]1Cc2nn3c(c2CN1C(=O)Nc1ccc(F)c(C#N)c1)C(=O)N(C)CC(c1ccno1)C3. The van der Waals surface area contributed by atoms with Crippen LogP contribution in [0.1, 0.15) is 45.9 Å². The lowest BCUT2D eigenvalue weighted by Gasteiger charge is -2.33. The van der Waals surface area contributed by atoms with E-state index in [0.29, 0.717) is 36.7 Å². The maximum absolute atomic E-state index is 13.6. The number of carbonyl (C=O) groups is 2. The van der Waals surface area contributed by atoms with Crippen LogP contribution in [0.25, 0.3) is 0 Å². The molecule has 10 nitrogen and oxygen atoms in total. The molecule has 174 valence electrons. The molecule has 34 heavy (non-hydrogen) atoms. The van der Waals surface area contributed by atoms with Crippen LogP contribution in [0.5, 0.6) is 0 Å². The highest BCUT2D eigenvalue weighted by Crippen LogP contribution is 2.31. The molecule has 2 aliphatic heterocycles. The average Bonchev–Trinajstić information content (AvgIpc) is 3.44. The number of amides is 3. The van der Waals surface area contributed by atoms with Gasteiger partial charge in [0.25, 0.3) is 5.91 Å². The second-order valence-corrected chi connectivity index (χ2v) is 8.67. The number of halogens is 1. The third-order valence-corrected chi connectivity index (χ3v) is 6.38. The fourth-order valence-corrected chi connectivity index (χ4v) is 4.60. The third kappa shape index (κ3) is 3.67. The fourth-order valence-electron chi connectivity index (χ4n) is 4.60. The van der Waals surface area contributed by atoms with Crippen LogP contribution in [0.2, 0.25) is 0 Å². The molecule has 0 saturated heterocycles. The van der Waals surface area contributed by atoms with Gasteiger partial charge in [-0.1, -0.05) is 5.16 Å². The number of anilines is 1. The van der Waals surface area contributed by atoms with E-state index in [0.717, 1.165) is 17.3 Å². The first-order chi connectivity index (χ1) is 16.4. The number of carbonyl (C=O) groups excluding carboxylic acids is 2. The van der Waals surface area contributed by atoms with Crippen molar-refractivity contribution in [1.82, 2.24) is 24.7 Å². The van der Waals surface area contributed by atoms with Crippen molar-refractivity contribution in [2.75, 3.05) is 18.9 Å². The van der Waals surface area contributed by atoms with Gasteiger partial charge in [0.2, 0.25) is 0 Å². The molecule has 0 radical (unpaired) electrons. The predicted molar refractivity (Wildman–Crippen MR) is 117 cm³/mol. The summed E-state index contributed by atoms with van der Waals surface area (Å²) in [5.41, 5.74) is 2.15. The Labute approximate surface area is 194 Å². The zero-order valence-electron chi connectivity index (χ0n) is 18.7. The molecule has 0 bridgehead atoms. The van der Waals surface area contributed by atoms with Crippen LogP contribution in [0, 0.1) is 17.1 Å². The Hall–Kier alpha value is -4.20. The van der Waals surface area contributed by atoms with E-state index >= 15 is 0 Å². The van der Waals surface area contributed by atoms with E-state index in [4.69, 9.17) is 14.9 Å². The molecule has 3 amide bonds. The van der Waals surface area contributed by atoms with Gasteiger partial charge in [-0.05, 0) is 25.1 Å². The molecule has 5 rings (SSSR count). The van der Waals surface area contributed by atoms with E-state index in [2.05, 4.69) is 10.5 Å². The zero-order chi connectivity index (χ0) is 24.0.